The summed E-state index contributed by atoms with van der Waals surface area (Å²) in [5, 5.41) is 5.16. The third-order valence-corrected chi connectivity index (χ3v) is 9.50. The summed E-state index contributed by atoms with van der Waals surface area (Å²) in [7, 11) is 0. The molecule has 0 amide bonds. The van der Waals surface area contributed by atoms with Crippen LogP contribution in [0, 0.1) is 0 Å². The summed E-state index contributed by atoms with van der Waals surface area (Å²) in [5.74, 6) is 0. The Labute approximate surface area is 240 Å². The van der Waals surface area contributed by atoms with Crippen LogP contribution in [0.4, 0.5) is 0 Å². The van der Waals surface area contributed by atoms with Crippen LogP contribution in [0.1, 0.15) is 0 Å². The molecule has 0 aliphatic rings. The van der Waals surface area contributed by atoms with E-state index in [9.17, 15) is 0 Å². The molecular weight excluding hydrogens is 516 g/mol. The van der Waals surface area contributed by atoms with Crippen LogP contribution in [0.3, 0.4) is 0 Å². The third kappa shape index (κ3) is 3.30. The van der Waals surface area contributed by atoms with Gasteiger partial charge in [0.25, 0.3) is 0 Å². The van der Waals surface area contributed by atoms with E-state index >= 15 is 0 Å². The molecule has 192 valence electrons. The van der Waals surface area contributed by atoms with Crippen LogP contribution in [0.5, 0.6) is 0 Å². The summed E-state index contributed by atoms with van der Waals surface area (Å²) in [5.41, 5.74) is 9.82. The van der Waals surface area contributed by atoms with E-state index in [4.69, 9.17) is 0 Å². The van der Waals surface area contributed by atoms with Crippen molar-refractivity contribution >= 4 is 64.3 Å². The Morgan fingerprint density at radius 2 is 0.951 bits per heavy atom. The lowest BCUT2D eigenvalue weighted by Crippen LogP contribution is -1.93. The minimum Gasteiger partial charge on any atom is -0.309 e. The van der Waals surface area contributed by atoms with E-state index in [2.05, 4.69) is 155 Å². The van der Waals surface area contributed by atoms with Crippen LogP contribution in [-0.2, 0) is 0 Å². The van der Waals surface area contributed by atoms with Gasteiger partial charge in [-0.05, 0) is 65.7 Å². The summed E-state index contributed by atoms with van der Waals surface area (Å²) >= 11 is 1.89. The summed E-state index contributed by atoms with van der Waals surface area (Å²) < 4.78 is 7.48. The lowest BCUT2D eigenvalue weighted by Gasteiger charge is -2.10. The van der Waals surface area contributed by atoms with Gasteiger partial charge < -0.3 is 9.13 Å². The molecule has 3 aromatic heterocycles. The zero-order valence-electron chi connectivity index (χ0n) is 22.2. The average Bonchev–Trinajstić information content (AvgIpc) is 3.68. The van der Waals surface area contributed by atoms with Gasteiger partial charge in [-0.25, -0.2) is 0 Å². The van der Waals surface area contributed by atoms with E-state index in [0.29, 0.717) is 0 Å². The smallest absolute Gasteiger partial charge is 0.0727 e. The molecule has 0 spiro atoms. The molecule has 0 radical (unpaired) electrons. The van der Waals surface area contributed by atoms with Gasteiger partial charge in [-0.15, -0.1) is 11.3 Å². The summed E-state index contributed by atoms with van der Waals surface area (Å²) in [4.78, 5) is 0. The minimum absolute atomic E-state index is 1.18. The number of hydrogen-bond acceptors (Lipinski definition) is 1. The van der Waals surface area contributed by atoms with E-state index in [0.717, 1.165) is 0 Å². The fraction of sp³-hybridized carbons (Fsp3) is 0. The Hall–Kier alpha value is -5.12. The molecule has 0 aliphatic carbocycles. The van der Waals surface area contributed by atoms with Crippen LogP contribution in [0.15, 0.2) is 146 Å². The Bertz CT molecular complexity index is 2410. The van der Waals surface area contributed by atoms with Crippen molar-refractivity contribution in [3.05, 3.63) is 146 Å². The van der Waals surface area contributed by atoms with Gasteiger partial charge in [0.2, 0.25) is 0 Å². The van der Waals surface area contributed by atoms with Gasteiger partial charge in [-0.2, -0.15) is 0 Å². The van der Waals surface area contributed by atoms with Gasteiger partial charge >= 0.3 is 0 Å². The van der Waals surface area contributed by atoms with E-state index in [-0.39, 0.29) is 0 Å². The maximum atomic E-state index is 2.43. The third-order valence-electron chi connectivity index (χ3n) is 8.31. The Morgan fingerprint density at radius 1 is 0.390 bits per heavy atom. The van der Waals surface area contributed by atoms with Crippen molar-refractivity contribution in [1.29, 1.82) is 0 Å². The standard InChI is InChI=1S/C38H24N2S/c1-3-11-27(12-4-1)39-33-17-9-7-15-29(33)30-21-19-26(24-35(30)39)25-20-22-36-32(23-25)37-38(41-36)31-16-8-10-18-34(31)40(37)28-13-5-2-6-14-28/h1-24H. The highest BCUT2D eigenvalue weighted by molar-refractivity contribution is 7.26. The number of fused-ring (bicyclic) bond motifs is 8. The molecular formula is C38H24N2S. The van der Waals surface area contributed by atoms with Crippen molar-refractivity contribution in [1.82, 2.24) is 9.13 Å². The van der Waals surface area contributed by atoms with Crippen LogP contribution in [-0.4, -0.2) is 9.13 Å². The summed E-state index contributed by atoms with van der Waals surface area (Å²) in [6.07, 6.45) is 0. The summed E-state index contributed by atoms with van der Waals surface area (Å²) in [6, 6.07) is 52.8. The molecule has 0 aliphatic heterocycles. The molecule has 6 aromatic carbocycles. The Kier molecular flexibility index (Phi) is 4.80. The second kappa shape index (κ2) is 8.69. The number of aromatic nitrogens is 2. The highest BCUT2D eigenvalue weighted by Gasteiger charge is 2.18. The molecule has 0 bridgehead atoms. The zero-order valence-corrected chi connectivity index (χ0v) is 23.0. The van der Waals surface area contributed by atoms with E-state index < -0.39 is 0 Å². The Morgan fingerprint density at radius 3 is 1.71 bits per heavy atom. The second-order valence-electron chi connectivity index (χ2n) is 10.6. The molecule has 0 unspecified atom stereocenters. The molecule has 0 atom stereocenters. The predicted octanol–water partition coefficient (Wildman–Crippen LogP) is 10.8. The SMILES string of the molecule is c1ccc(-n2c3ccccc3c3ccc(-c4ccc5sc6c7ccccc7n(-c7ccccc7)c6c5c4)cc32)cc1. The van der Waals surface area contributed by atoms with Crippen molar-refractivity contribution in [2.24, 2.45) is 0 Å². The molecule has 2 nitrogen and oxygen atoms in total. The lowest BCUT2D eigenvalue weighted by atomic mass is 10.0. The number of hydrogen-bond donors (Lipinski definition) is 0. The first-order valence-electron chi connectivity index (χ1n) is 14.0. The highest BCUT2D eigenvalue weighted by atomic mass is 32.1. The number of thiophene rings is 1. The number of nitrogens with zero attached hydrogens (tertiary/aromatic N) is 2. The number of benzene rings is 6. The van der Waals surface area contributed by atoms with Crippen LogP contribution < -0.4 is 0 Å². The maximum Gasteiger partial charge on any atom is 0.0727 e. The van der Waals surface area contributed by atoms with E-state index in [1.165, 1.54) is 75.5 Å². The van der Waals surface area contributed by atoms with Gasteiger partial charge in [0.05, 0.1) is 26.8 Å². The molecule has 0 saturated heterocycles. The predicted molar refractivity (Wildman–Crippen MR) is 176 cm³/mol. The van der Waals surface area contributed by atoms with Crippen LogP contribution in [0.25, 0.3) is 75.5 Å². The largest absolute Gasteiger partial charge is 0.309 e. The van der Waals surface area contributed by atoms with E-state index in [1.54, 1.807) is 0 Å². The first-order chi connectivity index (χ1) is 20.3. The normalized spacial score (nSPS) is 11.9. The molecule has 9 rings (SSSR count). The maximum absolute atomic E-state index is 2.43. The molecule has 3 heterocycles. The van der Waals surface area contributed by atoms with Crippen molar-refractivity contribution < 1.29 is 0 Å². The van der Waals surface area contributed by atoms with Gasteiger partial charge in [-0.3, -0.25) is 0 Å². The van der Waals surface area contributed by atoms with Crippen LogP contribution >= 0.6 is 11.3 Å². The fourth-order valence-corrected chi connectivity index (χ4v) is 7.70. The Balaban J connectivity index is 1.32. The first-order valence-corrected chi connectivity index (χ1v) is 14.8. The molecule has 3 heteroatoms. The second-order valence-corrected chi connectivity index (χ2v) is 11.7. The molecule has 0 saturated carbocycles. The summed E-state index contributed by atoms with van der Waals surface area (Å²) in [6.45, 7) is 0. The van der Waals surface area contributed by atoms with Gasteiger partial charge in [0.1, 0.15) is 0 Å². The van der Waals surface area contributed by atoms with Crippen molar-refractivity contribution in [3.8, 4) is 22.5 Å². The fourth-order valence-electron chi connectivity index (χ4n) is 6.50. The number of para-hydroxylation sites is 4. The molecule has 41 heavy (non-hydrogen) atoms. The van der Waals surface area contributed by atoms with Gasteiger partial charge in [-0.1, -0.05) is 91.0 Å². The van der Waals surface area contributed by atoms with Crippen molar-refractivity contribution in [2.45, 2.75) is 0 Å². The first kappa shape index (κ1) is 22.7. The quantitative estimate of drug-likeness (QED) is 0.211. The van der Waals surface area contributed by atoms with Gasteiger partial charge in [0, 0.05) is 37.6 Å². The number of rotatable bonds is 3. The molecule has 0 N–H and O–H groups in total. The topological polar surface area (TPSA) is 9.86 Å². The van der Waals surface area contributed by atoms with Crippen LogP contribution in [0.2, 0.25) is 0 Å². The van der Waals surface area contributed by atoms with Crippen molar-refractivity contribution in [3.63, 3.8) is 0 Å². The molecule has 0 fully saturated rings. The average molecular weight is 541 g/mol. The van der Waals surface area contributed by atoms with Crippen molar-refractivity contribution in [2.75, 3.05) is 0 Å². The molecule has 9 aromatic rings. The lowest BCUT2D eigenvalue weighted by molar-refractivity contribution is 1.18. The minimum atomic E-state index is 1.18. The van der Waals surface area contributed by atoms with Gasteiger partial charge in [0.15, 0.2) is 0 Å². The monoisotopic (exact) mass is 540 g/mol. The zero-order chi connectivity index (χ0) is 26.9. The van der Waals surface area contributed by atoms with E-state index in [1.807, 2.05) is 11.3 Å². The highest BCUT2D eigenvalue weighted by Crippen LogP contribution is 2.44.